The largest absolute Gasteiger partial charge is 0.481 e. The van der Waals surface area contributed by atoms with Gasteiger partial charge in [0.25, 0.3) is 11.7 Å². The van der Waals surface area contributed by atoms with Gasteiger partial charge in [-0.15, -0.1) is 0 Å². The second-order valence-electron chi connectivity index (χ2n) is 9.43. The molecule has 3 aromatic rings. The Morgan fingerprint density at radius 3 is 2.34 bits per heavy atom. The number of ketones is 1. The lowest BCUT2D eigenvalue weighted by atomic mass is 9.93. The number of carboxylic acids is 2. The van der Waals surface area contributed by atoms with E-state index in [1.54, 1.807) is 12.1 Å². The van der Waals surface area contributed by atoms with E-state index in [1.807, 2.05) is 30.3 Å². The number of carbonyl (C=O) groups excluding carboxylic acids is 3. The zero-order chi connectivity index (χ0) is 29.5. The summed E-state index contributed by atoms with van der Waals surface area (Å²) in [6.45, 7) is 0.583. The van der Waals surface area contributed by atoms with E-state index in [4.69, 9.17) is 5.11 Å². The number of nitrogens with one attached hydrogen (secondary N) is 3. The number of carboxylic acid groups (broad SMARTS) is 2. The number of aromatic amines is 1. The molecule has 1 aliphatic rings. The molecule has 12 heteroatoms. The molecule has 0 aliphatic carbocycles. The van der Waals surface area contributed by atoms with E-state index in [-0.39, 0.29) is 17.7 Å². The van der Waals surface area contributed by atoms with Gasteiger partial charge in [-0.1, -0.05) is 42.5 Å². The number of amides is 3. The van der Waals surface area contributed by atoms with Gasteiger partial charge in [-0.05, 0) is 36.5 Å². The first-order valence-corrected chi connectivity index (χ1v) is 12.8. The maximum Gasteiger partial charge on any atom is 0.326 e. The molecule has 210 valence electrons. The average Bonchev–Trinajstić information content (AvgIpc) is 3.41. The molecule has 5 N–H and O–H groups in total. The van der Waals surface area contributed by atoms with Crippen LogP contribution in [0.15, 0.2) is 60.3 Å². The van der Waals surface area contributed by atoms with Crippen LogP contribution in [0.1, 0.15) is 41.6 Å². The quantitative estimate of drug-likeness (QED) is 0.150. The number of fused-ring (bicyclic) bond motifs is 1. The van der Waals surface area contributed by atoms with Crippen molar-refractivity contribution < 1.29 is 34.2 Å². The number of hydrogen-bond donors (Lipinski definition) is 5. The number of likely N-dealkylation sites (tertiary alicyclic amines) is 1. The Morgan fingerprint density at radius 1 is 1.00 bits per heavy atom. The number of aromatic nitrogens is 1. The van der Waals surface area contributed by atoms with Crippen molar-refractivity contribution in [2.24, 2.45) is 0 Å². The van der Waals surface area contributed by atoms with Crippen LogP contribution in [-0.2, 0) is 14.4 Å². The van der Waals surface area contributed by atoms with E-state index in [9.17, 15) is 34.3 Å². The summed E-state index contributed by atoms with van der Waals surface area (Å²) >= 11 is 0. The topological polar surface area (TPSA) is 193 Å². The first-order chi connectivity index (χ1) is 19.7. The highest BCUT2D eigenvalue weighted by Crippen LogP contribution is 2.29. The molecule has 2 aromatic carbocycles. The third-order valence-corrected chi connectivity index (χ3v) is 6.83. The molecule has 3 amide bonds. The van der Waals surface area contributed by atoms with Gasteiger partial charge in [0.05, 0.1) is 28.4 Å². The molecule has 0 bridgehead atoms. The van der Waals surface area contributed by atoms with Crippen LogP contribution >= 0.6 is 0 Å². The van der Waals surface area contributed by atoms with Crippen LogP contribution in [0.5, 0.6) is 0 Å². The van der Waals surface area contributed by atoms with Gasteiger partial charge in [-0.25, -0.2) is 9.59 Å². The maximum absolute atomic E-state index is 13.2. The number of para-hydroxylation sites is 1. The Kier molecular flexibility index (Phi) is 8.79. The van der Waals surface area contributed by atoms with Crippen molar-refractivity contribution in [3.8, 4) is 6.07 Å². The Balaban J connectivity index is 1.45. The highest BCUT2D eigenvalue weighted by Gasteiger charge is 2.29. The van der Waals surface area contributed by atoms with E-state index in [1.165, 1.54) is 17.2 Å². The maximum atomic E-state index is 13.2. The van der Waals surface area contributed by atoms with Crippen molar-refractivity contribution in [2.45, 2.75) is 31.7 Å². The van der Waals surface area contributed by atoms with Gasteiger partial charge in [0, 0.05) is 31.1 Å². The molecule has 0 spiro atoms. The summed E-state index contributed by atoms with van der Waals surface area (Å²) in [5, 5.41) is 32.9. The SMILES string of the molecule is N#CC(=C1CCN(C(=O)C(=O)c2c[nH]c3c(NC(=O)NC(CCC(=O)O)C(=O)O)cccc23)CC1)c1ccccc1. The van der Waals surface area contributed by atoms with Crippen LogP contribution in [0.2, 0.25) is 0 Å². The Labute approximate surface area is 234 Å². The molecular weight excluding hydrogens is 530 g/mol. The van der Waals surface area contributed by atoms with Gasteiger partial charge in [-0.3, -0.25) is 14.4 Å². The van der Waals surface area contributed by atoms with E-state index in [0.717, 1.165) is 11.1 Å². The number of urea groups is 1. The van der Waals surface area contributed by atoms with Gasteiger partial charge in [-0.2, -0.15) is 5.26 Å². The predicted octanol–water partition coefficient (Wildman–Crippen LogP) is 3.39. The molecule has 0 radical (unpaired) electrons. The Bertz CT molecular complexity index is 1580. The molecule has 41 heavy (non-hydrogen) atoms. The van der Waals surface area contributed by atoms with Crippen molar-refractivity contribution in [1.29, 1.82) is 5.26 Å². The average molecular weight is 558 g/mol. The number of nitrogens with zero attached hydrogens (tertiary/aromatic N) is 2. The van der Waals surface area contributed by atoms with E-state index in [0.29, 0.717) is 42.4 Å². The first kappa shape index (κ1) is 28.6. The van der Waals surface area contributed by atoms with Crippen molar-refractivity contribution in [3.63, 3.8) is 0 Å². The molecule has 4 rings (SSSR count). The van der Waals surface area contributed by atoms with Crippen LogP contribution in [0.25, 0.3) is 16.5 Å². The zero-order valence-electron chi connectivity index (χ0n) is 21.8. The summed E-state index contributed by atoms with van der Waals surface area (Å²) in [5.74, 6) is -3.98. The van der Waals surface area contributed by atoms with Gasteiger partial charge in [0.1, 0.15) is 6.04 Å². The smallest absolute Gasteiger partial charge is 0.326 e. The van der Waals surface area contributed by atoms with Crippen molar-refractivity contribution in [2.75, 3.05) is 18.4 Å². The van der Waals surface area contributed by atoms with Crippen LogP contribution in [-0.4, -0.2) is 68.9 Å². The molecule has 1 aliphatic heterocycles. The summed E-state index contributed by atoms with van der Waals surface area (Å²) in [6.07, 6.45) is 1.57. The fraction of sp³-hybridized carbons (Fsp3) is 0.241. The minimum atomic E-state index is -1.42. The Morgan fingerprint density at radius 2 is 1.71 bits per heavy atom. The van der Waals surface area contributed by atoms with Gasteiger partial charge in [0.15, 0.2) is 0 Å². The lowest BCUT2D eigenvalue weighted by Crippen LogP contribution is -2.43. The monoisotopic (exact) mass is 557 g/mol. The fourth-order valence-electron chi connectivity index (χ4n) is 4.73. The number of anilines is 1. The number of Topliss-reactive ketones (excluding diaryl/α,β-unsaturated/α-hetero) is 1. The van der Waals surface area contributed by atoms with Gasteiger partial charge >= 0.3 is 18.0 Å². The number of allylic oxidation sites excluding steroid dienone is 1. The molecule has 2 heterocycles. The van der Waals surface area contributed by atoms with Crippen LogP contribution in [0, 0.1) is 11.3 Å². The lowest BCUT2D eigenvalue weighted by molar-refractivity contribution is -0.140. The summed E-state index contributed by atoms with van der Waals surface area (Å²) in [4.78, 5) is 65.3. The first-order valence-electron chi connectivity index (χ1n) is 12.8. The third-order valence-electron chi connectivity index (χ3n) is 6.83. The molecule has 12 nitrogen and oxygen atoms in total. The van der Waals surface area contributed by atoms with E-state index >= 15 is 0 Å². The molecule has 0 saturated carbocycles. The standard InChI is InChI=1S/C29H27N5O7/c30-15-20(17-5-2-1-3-6-17)18-11-13-34(14-12-18)27(38)26(37)21-16-31-25-19(21)7-4-8-22(25)32-29(41)33-23(28(39)40)9-10-24(35)36/h1-8,16,23,31H,9-14H2,(H,35,36)(H,39,40)(H2,32,33,41). The second-order valence-corrected chi connectivity index (χ2v) is 9.43. The number of piperidine rings is 1. The predicted molar refractivity (Wildman–Crippen MR) is 148 cm³/mol. The number of hydrogen-bond acceptors (Lipinski definition) is 6. The van der Waals surface area contributed by atoms with Crippen molar-refractivity contribution >= 4 is 51.8 Å². The van der Waals surface area contributed by atoms with Crippen molar-refractivity contribution in [1.82, 2.24) is 15.2 Å². The minimum Gasteiger partial charge on any atom is -0.481 e. The van der Waals surface area contributed by atoms with E-state index in [2.05, 4.69) is 21.7 Å². The van der Waals surface area contributed by atoms with E-state index < -0.39 is 42.1 Å². The van der Waals surface area contributed by atoms with Crippen LogP contribution in [0.4, 0.5) is 10.5 Å². The molecule has 1 atom stereocenters. The Hall–Kier alpha value is -5.44. The van der Waals surface area contributed by atoms with Gasteiger partial charge < -0.3 is 30.7 Å². The fourth-order valence-corrected chi connectivity index (χ4v) is 4.73. The summed E-state index contributed by atoms with van der Waals surface area (Å²) < 4.78 is 0. The highest BCUT2D eigenvalue weighted by atomic mass is 16.4. The van der Waals surface area contributed by atoms with Crippen LogP contribution in [0.3, 0.4) is 0 Å². The zero-order valence-corrected chi connectivity index (χ0v) is 21.8. The summed E-state index contributed by atoms with van der Waals surface area (Å²) in [5.41, 5.74) is 3.03. The molecule has 1 aromatic heterocycles. The number of H-pyrrole nitrogens is 1. The number of benzene rings is 2. The van der Waals surface area contributed by atoms with Gasteiger partial charge in [0.2, 0.25) is 0 Å². The summed E-state index contributed by atoms with van der Waals surface area (Å²) in [6, 6.07) is 14.0. The summed E-state index contributed by atoms with van der Waals surface area (Å²) in [7, 11) is 0. The molecular formula is C29H27N5O7. The number of nitriles is 1. The molecule has 1 unspecified atom stereocenters. The highest BCUT2D eigenvalue weighted by molar-refractivity contribution is 6.45. The third kappa shape index (κ3) is 6.59. The number of rotatable bonds is 9. The minimum absolute atomic E-state index is 0.113. The van der Waals surface area contributed by atoms with Crippen LogP contribution < -0.4 is 10.6 Å². The second kappa shape index (κ2) is 12.6. The molecule has 1 saturated heterocycles. The normalized spacial score (nSPS) is 13.6. The lowest BCUT2D eigenvalue weighted by Gasteiger charge is -2.28. The number of aliphatic carboxylic acids is 2. The van der Waals surface area contributed by atoms with Crippen molar-refractivity contribution in [3.05, 3.63) is 71.4 Å². The number of carbonyl (C=O) groups is 5. The molecule has 1 fully saturated rings.